The monoisotopic (exact) mass is 1100 g/mol. The van der Waals surface area contributed by atoms with Gasteiger partial charge in [-0.1, -0.05) is 137 Å². The number of benzene rings is 8. The fourth-order valence-corrected chi connectivity index (χ4v) is 12.9. The second kappa shape index (κ2) is 17.2. The topological polar surface area (TPSA) is 38.5 Å². The fraction of sp³-hybridized carbons (Fsp3) is 0.156. The molecule has 1 aliphatic carbocycles. The number of rotatable bonds is 8. The molecule has 3 aromatic heterocycles. The maximum Gasteiger partial charge on any atom is 0.135 e. The van der Waals surface area contributed by atoms with Crippen LogP contribution >= 0.6 is 0 Å². The number of hydrogen-bond acceptors (Lipinski definition) is 4. The summed E-state index contributed by atoms with van der Waals surface area (Å²) in [6, 6.07) is 76.6. The molecular formula is C64H52N5OPt-3. The average molecular weight is 1100 g/mol. The van der Waals surface area contributed by atoms with Gasteiger partial charge in [0.05, 0.1) is 11.0 Å². The van der Waals surface area contributed by atoms with Crippen molar-refractivity contribution in [2.75, 3.05) is 9.80 Å². The molecule has 0 spiro atoms. The summed E-state index contributed by atoms with van der Waals surface area (Å²) in [6.07, 6.45) is 5.50. The molecular weight excluding hydrogens is 1050 g/mol. The molecule has 0 amide bonds. The molecule has 7 heteroatoms. The van der Waals surface area contributed by atoms with Gasteiger partial charge in [-0.2, -0.15) is 12.1 Å². The van der Waals surface area contributed by atoms with Crippen LogP contribution < -0.4 is 14.5 Å². The Hall–Kier alpha value is -7.40. The van der Waals surface area contributed by atoms with Gasteiger partial charge in [0.15, 0.2) is 0 Å². The molecule has 2 aliphatic rings. The first-order valence-corrected chi connectivity index (χ1v) is 24.5. The third kappa shape index (κ3) is 6.97. The number of ether oxygens (including phenoxy) is 1. The minimum absolute atomic E-state index is 0. The predicted molar refractivity (Wildman–Crippen MR) is 287 cm³/mol. The van der Waals surface area contributed by atoms with E-state index in [1.165, 1.54) is 39.4 Å². The van der Waals surface area contributed by atoms with E-state index in [4.69, 9.17) is 9.72 Å². The largest absolute Gasteiger partial charge is 0.509 e. The van der Waals surface area contributed by atoms with E-state index in [0.29, 0.717) is 11.5 Å². The van der Waals surface area contributed by atoms with Gasteiger partial charge in [0.25, 0.3) is 0 Å². The van der Waals surface area contributed by atoms with Crippen LogP contribution in [0.2, 0.25) is 0 Å². The van der Waals surface area contributed by atoms with E-state index in [2.05, 4.69) is 241 Å². The minimum Gasteiger partial charge on any atom is -0.509 e. The number of aromatic nitrogens is 3. The Kier molecular flexibility index (Phi) is 10.8. The molecule has 352 valence electrons. The third-order valence-electron chi connectivity index (χ3n) is 15.6. The Morgan fingerprint density at radius 1 is 0.493 bits per heavy atom. The van der Waals surface area contributed by atoms with E-state index in [9.17, 15) is 0 Å². The van der Waals surface area contributed by atoms with Gasteiger partial charge in [-0.05, 0) is 107 Å². The molecule has 8 aromatic carbocycles. The Balaban J connectivity index is 0.00000517. The van der Waals surface area contributed by atoms with E-state index in [1.807, 2.05) is 24.4 Å². The molecule has 0 saturated heterocycles. The van der Waals surface area contributed by atoms with Crippen LogP contribution in [0.15, 0.2) is 200 Å². The van der Waals surface area contributed by atoms with Gasteiger partial charge in [-0.3, -0.25) is 0 Å². The van der Waals surface area contributed by atoms with Crippen molar-refractivity contribution in [3.63, 3.8) is 0 Å². The Bertz CT molecular complexity index is 3730. The van der Waals surface area contributed by atoms with Crippen molar-refractivity contribution in [3.05, 3.63) is 230 Å². The second-order valence-electron chi connectivity index (χ2n) is 20.3. The summed E-state index contributed by atoms with van der Waals surface area (Å²) in [7, 11) is 0. The van der Waals surface area contributed by atoms with E-state index >= 15 is 0 Å². The summed E-state index contributed by atoms with van der Waals surface area (Å²) in [5.74, 6) is 2.07. The zero-order valence-electron chi connectivity index (χ0n) is 40.2. The molecule has 1 aliphatic heterocycles. The van der Waals surface area contributed by atoms with Crippen LogP contribution in [-0.4, -0.2) is 14.1 Å². The van der Waals surface area contributed by atoms with Gasteiger partial charge in [0.1, 0.15) is 5.82 Å². The molecule has 71 heavy (non-hydrogen) atoms. The fourth-order valence-electron chi connectivity index (χ4n) is 12.9. The normalized spacial score (nSPS) is 15.8. The summed E-state index contributed by atoms with van der Waals surface area (Å²) in [5, 5.41) is 4.74. The zero-order chi connectivity index (χ0) is 47.2. The summed E-state index contributed by atoms with van der Waals surface area (Å²) >= 11 is 0. The van der Waals surface area contributed by atoms with Crippen molar-refractivity contribution >= 4 is 66.4 Å². The Morgan fingerprint density at radius 3 is 1.73 bits per heavy atom. The standard InChI is InChI=1S/C64H52N5O.Pt/c1-62(2)37-17-38-63(3,4)64(62,44-18-6-5-7-19-44)45-36-39-65-61(40-45)69-57-27-13-10-24-53(57)54-35-34-50(42-60(54)69)70-49-21-16-20-48(41-49)67-43-66(58-28-14-15-29-59(58)67)46-30-32-47(33-31-46)68-55-25-11-8-22-51(55)52-23-9-12-26-56(52)68;/h5-16,18-36,39-40,43H,17,37-38H2,1-4H3;/q-3;. The third-order valence-corrected chi connectivity index (χ3v) is 15.6. The van der Waals surface area contributed by atoms with Crippen LogP contribution in [0.5, 0.6) is 11.5 Å². The first-order valence-electron chi connectivity index (χ1n) is 24.5. The SMILES string of the molecule is CC1(C)CCCC(C)(C)C1(c1ccccc1)c1ccnc(-n2c3[c-]c(Oc4[c-]c(N5[CH-]N(c6ccc(-n7c8ccccc8c8ccccc87)cc6)c6ccccc65)ccc4)ccc3c3ccccc32)c1.[Pt]. The van der Waals surface area contributed by atoms with Crippen molar-refractivity contribution in [2.24, 2.45) is 10.8 Å². The van der Waals surface area contributed by atoms with Crippen molar-refractivity contribution in [1.82, 2.24) is 14.1 Å². The van der Waals surface area contributed by atoms with Gasteiger partial charge in [0, 0.05) is 83.2 Å². The number of para-hydroxylation sites is 5. The molecule has 1 saturated carbocycles. The smallest absolute Gasteiger partial charge is 0.135 e. The molecule has 0 radical (unpaired) electrons. The molecule has 4 heterocycles. The van der Waals surface area contributed by atoms with Gasteiger partial charge in [0.2, 0.25) is 0 Å². The number of pyridine rings is 1. The molecule has 0 atom stereocenters. The van der Waals surface area contributed by atoms with Crippen molar-refractivity contribution in [1.29, 1.82) is 0 Å². The maximum absolute atomic E-state index is 6.73. The van der Waals surface area contributed by atoms with Gasteiger partial charge in [-0.25, -0.2) is 4.98 Å². The van der Waals surface area contributed by atoms with Crippen LogP contribution in [0.3, 0.4) is 0 Å². The molecule has 0 bridgehead atoms. The second-order valence-corrected chi connectivity index (χ2v) is 20.3. The van der Waals surface area contributed by atoms with Gasteiger partial charge < -0.3 is 23.7 Å². The Morgan fingerprint density at radius 2 is 1.06 bits per heavy atom. The average Bonchev–Trinajstić information content (AvgIpc) is 4.05. The first-order chi connectivity index (χ1) is 34.2. The predicted octanol–water partition coefficient (Wildman–Crippen LogP) is 16.6. The molecule has 13 rings (SSSR count). The number of nitrogens with zero attached hydrogens (tertiary/aromatic N) is 5. The summed E-state index contributed by atoms with van der Waals surface area (Å²) in [5.41, 5.74) is 11.9. The quantitative estimate of drug-likeness (QED) is 0.142. The minimum atomic E-state index is -0.252. The van der Waals surface area contributed by atoms with Gasteiger partial charge >= 0.3 is 0 Å². The molecule has 0 unspecified atom stereocenters. The van der Waals surface area contributed by atoms with Crippen molar-refractivity contribution in [3.8, 4) is 23.0 Å². The van der Waals surface area contributed by atoms with Crippen LogP contribution in [0.1, 0.15) is 58.1 Å². The summed E-state index contributed by atoms with van der Waals surface area (Å²) < 4.78 is 11.3. The molecule has 11 aromatic rings. The van der Waals surface area contributed by atoms with Crippen molar-refractivity contribution < 1.29 is 25.8 Å². The van der Waals surface area contributed by atoms with Crippen LogP contribution in [-0.2, 0) is 26.5 Å². The molecule has 0 N–H and O–H groups in total. The van der Waals surface area contributed by atoms with Crippen LogP contribution in [0.4, 0.5) is 22.7 Å². The zero-order valence-corrected chi connectivity index (χ0v) is 42.5. The summed E-state index contributed by atoms with van der Waals surface area (Å²) in [4.78, 5) is 9.56. The Labute approximate surface area is 430 Å². The van der Waals surface area contributed by atoms with E-state index in [-0.39, 0.29) is 37.3 Å². The number of fused-ring (bicyclic) bond motifs is 7. The van der Waals surface area contributed by atoms with E-state index in [0.717, 1.165) is 68.9 Å². The van der Waals surface area contributed by atoms with E-state index in [1.54, 1.807) is 0 Å². The maximum atomic E-state index is 6.73. The first kappa shape index (κ1) is 44.8. The van der Waals surface area contributed by atoms with Crippen LogP contribution in [0.25, 0.3) is 55.1 Å². The summed E-state index contributed by atoms with van der Waals surface area (Å²) in [6.45, 7) is 12.0. The number of hydrogen-bond donors (Lipinski definition) is 0. The molecule has 6 nitrogen and oxygen atoms in total. The van der Waals surface area contributed by atoms with Crippen LogP contribution in [0, 0.1) is 29.6 Å². The molecule has 1 fully saturated rings. The van der Waals surface area contributed by atoms with Crippen molar-refractivity contribution in [2.45, 2.75) is 52.4 Å². The number of anilines is 4. The van der Waals surface area contributed by atoms with Gasteiger partial charge in [-0.15, -0.1) is 48.1 Å². The van der Waals surface area contributed by atoms with E-state index < -0.39 is 0 Å².